The van der Waals surface area contributed by atoms with Gasteiger partial charge in [-0.25, -0.2) is 4.39 Å². The maximum Gasteiger partial charge on any atom is 0.266 e. The average Bonchev–Trinajstić information content (AvgIpc) is 3.39. The molecule has 0 atom stereocenters. The molecule has 0 aliphatic rings. The van der Waals surface area contributed by atoms with E-state index in [4.69, 9.17) is 23.2 Å². The van der Waals surface area contributed by atoms with Crippen molar-refractivity contribution >= 4 is 46.3 Å². The first kappa shape index (κ1) is 20.6. The molecule has 0 radical (unpaired) electrons. The van der Waals surface area contributed by atoms with Crippen LogP contribution in [0.1, 0.15) is 26.5 Å². The average molecular weight is 464 g/mol. The minimum absolute atomic E-state index is 0.241. The Kier molecular flexibility index (Phi) is 5.90. The predicted molar refractivity (Wildman–Crippen MR) is 116 cm³/mol. The number of carbonyl (C=O) groups excluding carboxylic acids is 1. The lowest BCUT2D eigenvalue weighted by atomic mass is 10.2. The molecule has 1 amide bonds. The van der Waals surface area contributed by atoms with Gasteiger partial charge in [-0.3, -0.25) is 14.2 Å². The van der Waals surface area contributed by atoms with E-state index in [0.717, 1.165) is 16.8 Å². The summed E-state index contributed by atoms with van der Waals surface area (Å²) < 4.78 is 16.6. The number of benzene rings is 1. The molecule has 4 rings (SSSR count). The molecule has 0 saturated heterocycles. The Balaban J connectivity index is 1.43. The van der Waals surface area contributed by atoms with E-state index in [-0.39, 0.29) is 11.7 Å². The molecule has 4 aromatic rings. The van der Waals surface area contributed by atoms with Gasteiger partial charge in [-0.1, -0.05) is 29.3 Å². The van der Waals surface area contributed by atoms with E-state index in [1.54, 1.807) is 33.9 Å². The first-order valence-electron chi connectivity index (χ1n) is 8.92. The largest absolute Gasteiger partial charge is 0.304 e. The third-order valence-electron chi connectivity index (χ3n) is 4.38. The Labute approximate surface area is 185 Å². The van der Waals surface area contributed by atoms with Gasteiger partial charge in [0.15, 0.2) is 5.82 Å². The van der Waals surface area contributed by atoms with Crippen LogP contribution in [0.2, 0.25) is 10.0 Å². The minimum atomic E-state index is -0.389. The van der Waals surface area contributed by atoms with Gasteiger partial charge >= 0.3 is 0 Å². The van der Waals surface area contributed by atoms with Crippen LogP contribution in [-0.4, -0.2) is 25.5 Å². The number of halogens is 3. The lowest BCUT2D eigenvalue weighted by Gasteiger charge is -2.06. The number of thiophene rings is 1. The Morgan fingerprint density at radius 2 is 2.07 bits per heavy atom. The molecule has 0 aliphatic heterocycles. The molecule has 0 fully saturated rings. The molecule has 3 aromatic heterocycles. The van der Waals surface area contributed by atoms with Crippen molar-refractivity contribution in [3.63, 3.8) is 0 Å². The van der Waals surface area contributed by atoms with E-state index < -0.39 is 0 Å². The third kappa shape index (κ3) is 4.72. The fourth-order valence-electron chi connectivity index (χ4n) is 2.91. The van der Waals surface area contributed by atoms with Gasteiger partial charge in [0.2, 0.25) is 0 Å². The van der Waals surface area contributed by atoms with Gasteiger partial charge in [0, 0.05) is 23.0 Å². The van der Waals surface area contributed by atoms with E-state index in [1.165, 1.54) is 23.5 Å². The van der Waals surface area contributed by atoms with Gasteiger partial charge in [0.25, 0.3) is 5.91 Å². The summed E-state index contributed by atoms with van der Waals surface area (Å²) in [5.41, 5.74) is 2.54. The molecule has 10 heteroatoms. The zero-order valence-electron chi connectivity index (χ0n) is 15.8. The molecule has 0 unspecified atom stereocenters. The maximum absolute atomic E-state index is 13.2. The summed E-state index contributed by atoms with van der Waals surface area (Å²) in [7, 11) is 0. The van der Waals surface area contributed by atoms with Gasteiger partial charge in [-0.2, -0.15) is 10.2 Å². The van der Waals surface area contributed by atoms with E-state index in [1.807, 2.05) is 18.4 Å². The second kappa shape index (κ2) is 8.59. The third-order valence-corrected chi connectivity index (χ3v) is 5.91. The van der Waals surface area contributed by atoms with Crippen molar-refractivity contribution in [3.8, 4) is 0 Å². The van der Waals surface area contributed by atoms with E-state index in [2.05, 4.69) is 15.5 Å². The summed E-state index contributed by atoms with van der Waals surface area (Å²) in [6, 6.07) is 7.84. The van der Waals surface area contributed by atoms with Crippen LogP contribution in [0.15, 0.2) is 48.1 Å². The lowest BCUT2D eigenvalue weighted by molar-refractivity contribution is 0.103. The number of hydrogen-bond acceptors (Lipinski definition) is 4. The number of amides is 1. The number of nitrogens with one attached hydrogen (secondary N) is 1. The monoisotopic (exact) mass is 463 g/mol. The Morgan fingerprint density at radius 3 is 2.80 bits per heavy atom. The van der Waals surface area contributed by atoms with Crippen molar-refractivity contribution in [2.24, 2.45) is 0 Å². The SMILES string of the molecule is Cc1cc(NC(=O)c2cc(Cn3cc(Cl)cn3)cs2)nn1Cc1ccc(F)cc1Cl. The van der Waals surface area contributed by atoms with Crippen molar-refractivity contribution < 1.29 is 9.18 Å². The molecule has 154 valence electrons. The molecule has 1 N–H and O–H groups in total. The van der Waals surface area contributed by atoms with E-state index in [0.29, 0.717) is 33.8 Å². The highest BCUT2D eigenvalue weighted by Crippen LogP contribution is 2.21. The lowest BCUT2D eigenvalue weighted by Crippen LogP contribution is -2.11. The summed E-state index contributed by atoms with van der Waals surface area (Å²) >= 11 is 13.3. The van der Waals surface area contributed by atoms with Gasteiger partial charge in [0.05, 0.1) is 29.2 Å². The predicted octanol–water partition coefficient (Wildman–Crippen LogP) is 5.24. The molecular weight excluding hydrogens is 448 g/mol. The van der Waals surface area contributed by atoms with Crippen molar-refractivity contribution in [3.05, 3.63) is 85.7 Å². The second-order valence-electron chi connectivity index (χ2n) is 6.69. The van der Waals surface area contributed by atoms with Crippen LogP contribution in [0.4, 0.5) is 10.2 Å². The summed E-state index contributed by atoms with van der Waals surface area (Å²) in [4.78, 5) is 13.2. The molecule has 0 saturated carbocycles. The topological polar surface area (TPSA) is 64.7 Å². The highest BCUT2D eigenvalue weighted by Gasteiger charge is 2.14. The molecule has 3 heterocycles. The summed E-state index contributed by atoms with van der Waals surface area (Å²) in [5.74, 6) is -0.196. The molecule has 30 heavy (non-hydrogen) atoms. The van der Waals surface area contributed by atoms with Crippen molar-refractivity contribution in [2.45, 2.75) is 20.0 Å². The fourth-order valence-corrected chi connectivity index (χ4v) is 4.09. The molecule has 6 nitrogen and oxygen atoms in total. The zero-order chi connectivity index (χ0) is 21.3. The molecule has 0 aliphatic carbocycles. The minimum Gasteiger partial charge on any atom is -0.304 e. The fraction of sp³-hybridized carbons (Fsp3) is 0.150. The van der Waals surface area contributed by atoms with Crippen molar-refractivity contribution in [2.75, 3.05) is 5.32 Å². The van der Waals surface area contributed by atoms with Crippen LogP contribution < -0.4 is 5.32 Å². The van der Waals surface area contributed by atoms with E-state index >= 15 is 0 Å². The number of carbonyl (C=O) groups is 1. The second-order valence-corrected chi connectivity index (χ2v) is 8.45. The Hall–Kier alpha value is -2.68. The van der Waals surface area contributed by atoms with Crippen LogP contribution in [0.5, 0.6) is 0 Å². The number of aryl methyl sites for hydroxylation is 1. The smallest absolute Gasteiger partial charge is 0.266 e. The maximum atomic E-state index is 13.2. The van der Waals surface area contributed by atoms with Crippen LogP contribution >= 0.6 is 34.5 Å². The Bertz CT molecular complexity index is 1220. The standard InChI is InChI=1S/C20H16Cl2FN5OS/c1-12-4-19(26-28(12)9-14-2-3-16(23)6-17(14)22)25-20(29)18-5-13(11-30-18)8-27-10-15(21)7-24-27/h2-7,10-11H,8-9H2,1H3,(H,25,26,29). The normalized spacial score (nSPS) is 11.1. The van der Waals surface area contributed by atoms with Gasteiger partial charge in [-0.05, 0) is 41.6 Å². The molecule has 1 aromatic carbocycles. The van der Waals surface area contributed by atoms with Crippen LogP contribution in [0.25, 0.3) is 0 Å². The van der Waals surface area contributed by atoms with Gasteiger partial charge in [0.1, 0.15) is 5.82 Å². The van der Waals surface area contributed by atoms with Crippen LogP contribution in [0.3, 0.4) is 0 Å². The highest BCUT2D eigenvalue weighted by atomic mass is 35.5. The number of hydrogen-bond donors (Lipinski definition) is 1. The molecular formula is C20H16Cl2FN5OS. The zero-order valence-corrected chi connectivity index (χ0v) is 18.1. The van der Waals surface area contributed by atoms with Gasteiger partial charge < -0.3 is 5.32 Å². The highest BCUT2D eigenvalue weighted by molar-refractivity contribution is 7.12. The number of anilines is 1. The van der Waals surface area contributed by atoms with Crippen molar-refractivity contribution in [1.29, 1.82) is 0 Å². The number of nitrogens with zero attached hydrogens (tertiary/aromatic N) is 4. The van der Waals surface area contributed by atoms with Gasteiger partial charge in [-0.15, -0.1) is 11.3 Å². The summed E-state index contributed by atoms with van der Waals surface area (Å²) in [5, 5.41) is 14.2. The quantitative estimate of drug-likeness (QED) is 0.424. The first-order valence-corrected chi connectivity index (χ1v) is 10.6. The van der Waals surface area contributed by atoms with Crippen molar-refractivity contribution in [1.82, 2.24) is 19.6 Å². The Morgan fingerprint density at radius 1 is 1.23 bits per heavy atom. The first-order chi connectivity index (χ1) is 14.4. The number of aromatic nitrogens is 4. The van der Waals surface area contributed by atoms with Crippen LogP contribution in [-0.2, 0) is 13.1 Å². The van der Waals surface area contributed by atoms with Crippen LogP contribution in [0, 0.1) is 12.7 Å². The van der Waals surface area contributed by atoms with E-state index in [9.17, 15) is 9.18 Å². The molecule has 0 bridgehead atoms. The summed E-state index contributed by atoms with van der Waals surface area (Å²) in [6.07, 6.45) is 3.29. The summed E-state index contributed by atoms with van der Waals surface area (Å²) in [6.45, 7) is 2.78. The number of rotatable bonds is 6. The molecule has 0 spiro atoms.